The van der Waals surface area contributed by atoms with Gasteiger partial charge in [-0.15, -0.1) is 11.3 Å². The maximum absolute atomic E-state index is 12.9. The molecule has 0 saturated carbocycles. The van der Waals surface area contributed by atoms with Gasteiger partial charge >= 0.3 is 0 Å². The number of piperidine rings is 1. The Morgan fingerprint density at radius 1 is 1.28 bits per heavy atom. The van der Waals surface area contributed by atoms with Gasteiger partial charge in [0.2, 0.25) is 5.91 Å². The molecule has 0 aliphatic carbocycles. The Labute approximate surface area is 182 Å². The Morgan fingerprint density at radius 2 is 2.03 bits per heavy atom. The zero-order chi connectivity index (χ0) is 20.4. The smallest absolute Gasteiger partial charge is 0.263 e. The number of carbonyl (C=O) groups is 2. The molecule has 2 aliphatic heterocycles. The quantitative estimate of drug-likeness (QED) is 0.720. The summed E-state index contributed by atoms with van der Waals surface area (Å²) in [7, 11) is 0. The summed E-state index contributed by atoms with van der Waals surface area (Å²) in [5.41, 5.74) is 0.935. The summed E-state index contributed by atoms with van der Waals surface area (Å²) in [6.07, 6.45) is 1.62. The minimum Gasteiger partial charge on any atom is -0.486 e. The number of hydrogen-bond donors (Lipinski definition) is 1. The lowest BCUT2D eigenvalue weighted by atomic mass is 9.96. The van der Waals surface area contributed by atoms with Crippen molar-refractivity contribution in [3.05, 3.63) is 44.6 Å². The van der Waals surface area contributed by atoms with Gasteiger partial charge in [-0.2, -0.15) is 0 Å². The van der Waals surface area contributed by atoms with Crippen molar-refractivity contribution < 1.29 is 19.1 Å². The number of amides is 2. The number of nitrogens with one attached hydrogen (secondary N) is 1. The monoisotopic (exact) mass is 478 g/mol. The molecule has 3 heterocycles. The van der Waals surface area contributed by atoms with Crippen LogP contribution in [-0.4, -0.2) is 43.0 Å². The van der Waals surface area contributed by atoms with Crippen LogP contribution in [0.3, 0.4) is 0 Å². The molecule has 0 bridgehead atoms. The molecule has 1 fully saturated rings. The number of fused-ring (bicyclic) bond motifs is 1. The Balaban J connectivity index is 1.41. The van der Waals surface area contributed by atoms with Crippen LogP contribution >= 0.6 is 27.3 Å². The van der Waals surface area contributed by atoms with E-state index in [1.54, 1.807) is 4.90 Å². The summed E-state index contributed by atoms with van der Waals surface area (Å²) in [5, 5.41) is 5.00. The molecule has 8 heteroatoms. The highest BCUT2D eigenvalue weighted by Crippen LogP contribution is 2.38. The van der Waals surface area contributed by atoms with Crippen LogP contribution in [0.25, 0.3) is 0 Å². The molecule has 2 aliphatic rings. The molecular weight excluding hydrogens is 456 g/mol. The van der Waals surface area contributed by atoms with Crippen LogP contribution in [0, 0.1) is 5.92 Å². The Bertz CT molecular complexity index is 902. The number of hydrogen-bond acceptors (Lipinski definition) is 5. The van der Waals surface area contributed by atoms with Crippen LogP contribution in [0.15, 0.2) is 34.1 Å². The average Bonchev–Trinajstić information content (AvgIpc) is 3.27. The van der Waals surface area contributed by atoms with Crippen molar-refractivity contribution in [1.82, 2.24) is 10.2 Å². The van der Waals surface area contributed by atoms with Gasteiger partial charge in [-0.3, -0.25) is 9.59 Å². The van der Waals surface area contributed by atoms with Gasteiger partial charge in [0, 0.05) is 17.6 Å². The second-order valence-electron chi connectivity index (χ2n) is 7.32. The minimum absolute atomic E-state index is 0.0140. The summed E-state index contributed by atoms with van der Waals surface area (Å²) in [5.74, 6) is 1.19. The van der Waals surface area contributed by atoms with E-state index in [2.05, 4.69) is 21.2 Å². The molecule has 1 aromatic carbocycles. The summed E-state index contributed by atoms with van der Waals surface area (Å²) in [4.78, 5) is 28.1. The van der Waals surface area contributed by atoms with E-state index in [1.165, 1.54) is 11.3 Å². The second kappa shape index (κ2) is 8.75. The lowest BCUT2D eigenvalue weighted by Gasteiger charge is -2.32. The molecule has 0 radical (unpaired) electrons. The first-order chi connectivity index (χ1) is 14.0. The fourth-order valence-corrected chi connectivity index (χ4v) is 5.11. The number of halogens is 1. The highest BCUT2D eigenvalue weighted by Gasteiger charge is 2.30. The Morgan fingerprint density at radius 3 is 2.76 bits per heavy atom. The van der Waals surface area contributed by atoms with Crippen molar-refractivity contribution >= 4 is 39.1 Å². The number of rotatable bonds is 4. The molecule has 2 atom stereocenters. The van der Waals surface area contributed by atoms with Crippen LogP contribution in [0.4, 0.5) is 0 Å². The Hall–Kier alpha value is -2.06. The average molecular weight is 479 g/mol. The number of nitrogens with zero attached hydrogens (tertiary/aromatic N) is 1. The fraction of sp³-hybridized carbons (Fsp3) is 0.429. The van der Waals surface area contributed by atoms with Crippen molar-refractivity contribution in [3.63, 3.8) is 0 Å². The highest BCUT2D eigenvalue weighted by atomic mass is 79.9. The summed E-state index contributed by atoms with van der Waals surface area (Å²) < 4.78 is 12.1. The van der Waals surface area contributed by atoms with Crippen LogP contribution in [0.2, 0.25) is 0 Å². The molecule has 0 unspecified atom stereocenters. The number of thiophene rings is 1. The van der Waals surface area contributed by atoms with Gasteiger partial charge in [0.15, 0.2) is 11.5 Å². The maximum atomic E-state index is 12.9. The van der Waals surface area contributed by atoms with Crippen LogP contribution in [-0.2, 0) is 4.79 Å². The third-order valence-electron chi connectivity index (χ3n) is 5.30. The lowest BCUT2D eigenvalue weighted by Crippen LogP contribution is -2.45. The van der Waals surface area contributed by atoms with E-state index in [0.717, 1.165) is 27.8 Å². The SMILES string of the molecule is C[C@H](NC(=O)[C@H]1CCCN(C(=O)c2cccs2)C1)c1cc2c(cc1Br)OCCO2. The molecule has 2 aromatic rings. The second-order valence-corrected chi connectivity index (χ2v) is 9.12. The number of benzene rings is 1. The number of ether oxygens (including phenoxy) is 2. The Kier molecular flexibility index (Phi) is 6.10. The molecule has 154 valence electrons. The molecule has 1 aromatic heterocycles. The minimum atomic E-state index is -0.203. The number of carbonyl (C=O) groups excluding carboxylic acids is 2. The van der Waals surface area contributed by atoms with Gasteiger partial charge < -0.3 is 19.7 Å². The summed E-state index contributed by atoms with van der Waals surface area (Å²) in [6, 6.07) is 7.30. The predicted octanol–water partition coefficient (Wildman–Crippen LogP) is 4.01. The van der Waals surface area contributed by atoms with E-state index in [0.29, 0.717) is 37.8 Å². The first-order valence-corrected chi connectivity index (χ1v) is 11.4. The topological polar surface area (TPSA) is 67.9 Å². The normalized spacial score (nSPS) is 19.5. The molecule has 2 amide bonds. The molecule has 6 nitrogen and oxygen atoms in total. The zero-order valence-electron chi connectivity index (χ0n) is 16.2. The third kappa shape index (κ3) is 4.43. The van der Waals surface area contributed by atoms with Gasteiger partial charge in [-0.05, 0) is 48.9 Å². The fourth-order valence-electron chi connectivity index (χ4n) is 3.75. The van der Waals surface area contributed by atoms with Gasteiger partial charge in [0.05, 0.1) is 16.8 Å². The first-order valence-electron chi connectivity index (χ1n) is 9.75. The van der Waals surface area contributed by atoms with Crippen molar-refractivity contribution in [3.8, 4) is 11.5 Å². The summed E-state index contributed by atoms with van der Waals surface area (Å²) in [6.45, 7) is 4.16. The molecule has 29 heavy (non-hydrogen) atoms. The number of likely N-dealkylation sites (tertiary alicyclic amines) is 1. The van der Waals surface area contributed by atoms with E-state index >= 15 is 0 Å². The van der Waals surface area contributed by atoms with Crippen LogP contribution in [0.5, 0.6) is 11.5 Å². The van der Waals surface area contributed by atoms with Crippen molar-refractivity contribution in [2.24, 2.45) is 5.92 Å². The molecular formula is C21H23BrN2O4S. The summed E-state index contributed by atoms with van der Waals surface area (Å²) >= 11 is 5.01. The highest BCUT2D eigenvalue weighted by molar-refractivity contribution is 9.10. The van der Waals surface area contributed by atoms with Gasteiger partial charge in [-0.1, -0.05) is 22.0 Å². The molecule has 4 rings (SSSR count). The van der Waals surface area contributed by atoms with E-state index in [1.807, 2.05) is 36.6 Å². The largest absolute Gasteiger partial charge is 0.486 e. The van der Waals surface area contributed by atoms with E-state index in [9.17, 15) is 9.59 Å². The van der Waals surface area contributed by atoms with Crippen LogP contribution in [0.1, 0.15) is 41.0 Å². The molecule has 1 saturated heterocycles. The van der Waals surface area contributed by atoms with E-state index in [4.69, 9.17) is 9.47 Å². The van der Waals surface area contributed by atoms with E-state index in [-0.39, 0.29) is 23.8 Å². The zero-order valence-corrected chi connectivity index (χ0v) is 18.6. The lowest BCUT2D eigenvalue weighted by molar-refractivity contribution is -0.127. The third-order valence-corrected chi connectivity index (χ3v) is 6.84. The van der Waals surface area contributed by atoms with Crippen LogP contribution < -0.4 is 14.8 Å². The predicted molar refractivity (Wildman–Crippen MR) is 115 cm³/mol. The van der Waals surface area contributed by atoms with Crippen molar-refractivity contribution in [2.45, 2.75) is 25.8 Å². The van der Waals surface area contributed by atoms with Gasteiger partial charge in [0.25, 0.3) is 5.91 Å². The van der Waals surface area contributed by atoms with Gasteiger partial charge in [-0.25, -0.2) is 0 Å². The molecule has 0 spiro atoms. The van der Waals surface area contributed by atoms with E-state index < -0.39 is 0 Å². The van der Waals surface area contributed by atoms with Gasteiger partial charge in [0.1, 0.15) is 13.2 Å². The maximum Gasteiger partial charge on any atom is 0.263 e. The first kappa shape index (κ1) is 20.2. The van der Waals surface area contributed by atoms with Crippen molar-refractivity contribution in [1.29, 1.82) is 0 Å². The standard InChI is InChI=1S/C21H23BrN2O4S/c1-13(15-10-17-18(11-16(15)22)28-8-7-27-17)23-20(25)14-4-2-6-24(12-14)21(26)19-5-3-9-29-19/h3,5,9-11,13-14H,2,4,6-8,12H2,1H3,(H,23,25)/t13-,14-/m0/s1. The van der Waals surface area contributed by atoms with Crippen molar-refractivity contribution in [2.75, 3.05) is 26.3 Å². The molecule has 1 N–H and O–H groups in total.